The second-order valence-electron chi connectivity index (χ2n) is 8.69. The quantitative estimate of drug-likeness (QED) is 0.544. The van der Waals surface area contributed by atoms with Gasteiger partial charge in [-0.15, -0.1) is 5.10 Å². The molecule has 0 radical (unpaired) electrons. The van der Waals surface area contributed by atoms with Crippen molar-refractivity contribution in [3.05, 3.63) is 76.2 Å². The van der Waals surface area contributed by atoms with Crippen molar-refractivity contribution in [3.63, 3.8) is 0 Å². The van der Waals surface area contributed by atoms with Gasteiger partial charge < -0.3 is 5.32 Å². The van der Waals surface area contributed by atoms with Crippen LogP contribution in [0.5, 0.6) is 0 Å². The van der Waals surface area contributed by atoms with Crippen molar-refractivity contribution in [2.45, 2.75) is 43.6 Å². The van der Waals surface area contributed by atoms with Gasteiger partial charge in [0.1, 0.15) is 6.04 Å². The molecule has 1 N–H and O–H groups in total. The Morgan fingerprint density at radius 2 is 2.06 bits per heavy atom. The Balaban J connectivity index is 1.52. The van der Waals surface area contributed by atoms with Crippen LogP contribution in [-0.4, -0.2) is 25.5 Å². The van der Waals surface area contributed by atoms with Crippen LogP contribution in [0.4, 0.5) is 5.95 Å². The highest BCUT2D eigenvalue weighted by Gasteiger charge is 2.41. The van der Waals surface area contributed by atoms with E-state index in [4.69, 9.17) is 21.7 Å². The molecule has 31 heavy (non-hydrogen) atoms. The lowest BCUT2D eigenvalue weighted by Crippen LogP contribution is -2.36. The summed E-state index contributed by atoms with van der Waals surface area (Å²) in [6, 6.07) is 11.3. The maximum atomic E-state index is 13.2. The highest BCUT2D eigenvalue weighted by molar-refractivity contribution is 7.98. The molecule has 3 aromatic rings. The van der Waals surface area contributed by atoms with Crippen LogP contribution in [-0.2, 0) is 10.5 Å². The summed E-state index contributed by atoms with van der Waals surface area (Å²) in [5.41, 5.74) is 3.59. The van der Waals surface area contributed by atoms with Crippen molar-refractivity contribution < 1.29 is 4.79 Å². The van der Waals surface area contributed by atoms with Crippen molar-refractivity contribution in [1.29, 1.82) is 0 Å². The smallest absolute Gasteiger partial charge is 0.227 e. The molecule has 1 atom stereocenters. The van der Waals surface area contributed by atoms with E-state index < -0.39 is 0 Å². The van der Waals surface area contributed by atoms with Gasteiger partial charge in [-0.25, -0.2) is 4.68 Å². The van der Waals surface area contributed by atoms with Gasteiger partial charge >= 0.3 is 0 Å². The molecule has 2 aliphatic rings. The number of thioether (sulfide) groups is 1. The molecule has 1 aliphatic carbocycles. The SMILES string of the molecule is CC1(C)CC(=O)C2=C(C1)Nc1nc(SCc3ccccc3Cl)nn1[C@H]2c1cccnc1. The number of carbonyl (C=O) groups excluding carboxylic acids is 1. The van der Waals surface area contributed by atoms with Crippen LogP contribution < -0.4 is 5.32 Å². The first-order chi connectivity index (χ1) is 14.9. The molecule has 0 spiro atoms. The van der Waals surface area contributed by atoms with Crippen molar-refractivity contribution in [1.82, 2.24) is 19.7 Å². The van der Waals surface area contributed by atoms with Gasteiger partial charge in [0.25, 0.3) is 0 Å². The van der Waals surface area contributed by atoms with Gasteiger partial charge in [-0.05, 0) is 35.1 Å². The molecule has 0 unspecified atom stereocenters. The van der Waals surface area contributed by atoms with Crippen LogP contribution in [0.3, 0.4) is 0 Å². The molecule has 6 nitrogen and oxygen atoms in total. The molecule has 3 heterocycles. The summed E-state index contributed by atoms with van der Waals surface area (Å²) < 4.78 is 1.82. The summed E-state index contributed by atoms with van der Waals surface area (Å²) >= 11 is 7.82. The Morgan fingerprint density at radius 1 is 1.23 bits per heavy atom. The number of pyridine rings is 1. The summed E-state index contributed by atoms with van der Waals surface area (Å²) in [4.78, 5) is 22.2. The average Bonchev–Trinajstić information content (AvgIpc) is 3.14. The van der Waals surface area contributed by atoms with Gasteiger partial charge in [-0.2, -0.15) is 4.98 Å². The van der Waals surface area contributed by atoms with E-state index in [2.05, 4.69) is 24.1 Å². The number of ketones is 1. The summed E-state index contributed by atoms with van der Waals surface area (Å²) in [7, 11) is 0. The zero-order chi connectivity index (χ0) is 21.6. The molecule has 5 rings (SSSR count). The number of aromatic nitrogens is 4. The maximum Gasteiger partial charge on any atom is 0.227 e. The normalized spacial score (nSPS) is 19.6. The predicted molar refractivity (Wildman–Crippen MR) is 122 cm³/mol. The van der Waals surface area contributed by atoms with E-state index in [1.807, 2.05) is 41.1 Å². The van der Waals surface area contributed by atoms with Gasteiger partial charge in [0.15, 0.2) is 5.78 Å². The lowest BCUT2D eigenvalue weighted by atomic mass is 9.73. The Morgan fingerprint density at radius 3 is 2.84 bits per heavy atom. The topological polar surface area (TPSA) is 72.7 Å². The fraction of sp³-hybridized carbons (Fsp3) is 0.304. The Hall–Kier alpha value is -2.64. The van der Waals surface area contributed by atoms with E-state index in [9.17, 15) is 4.79 Å². The lowest BCUT2D eigenvalue weighted by Gasteiger charge is -2.38. The molecule has 0 amide bonds. The Bertz CT molecular complexity index is 1190. The first-order valence-corrected chi connectivity index (χ1v) is 11.5. The van der Waals surface area contributed by atoms with Crippen molar-refractivity contribution in [3.8, 4) is 0 Å². The number of fused-ring (bicyclic) bond motifs is 1. The monoisotopic (exact) mass is 451 g/mol. The number of benzene rings is 1. The second-order valence-corrected chi connectivity index (χ2v) is 10.0. The van der Waals surface area contributed by atoms with E-state index in [1.165, 1.54) is 11.8 Å². The van der Waals surface area contributed by atoms with Crippen LogP contribution in [0.25, 0.3) is 0 Å². The van der Waals surface area contributed by atoms with E-state index in [1.54, 1.807) is 12.4 Å². The molecule has 2 aromatic heterocycles. The van der Waals surface area contributed by atoms with Crippen LogP contribution in [0.1, 0.15) is 43.9 Å². The number of allylic oxidation sites excluding steroid dienone is 2. The number of hydrogen-bond acceptors (Lipinski definition) is 6. The zero-order valence-corrected chi connectivity index (χ0v) is 18.9. The number of Topliss-reactive ketones (excluding diaryl/α,β-unsaturated/α-hetero) is 1. The van der Waals surface area contributed by atoms with Crippen LogP contribution in [0.15, 0.2) is 65.2 Å². The molecular weight excluding hydrogens is 430 g/mol. The van der Waals surface area contributed by atoms with Crippen LogP contribution >= 0.6 is 23.4 Å². The molecule has 0 saturated carbocycles. The fourth-order valence-electron chi connectivity index (χ4n) is 4.25. The van der Waals surface area contributed by atoms with Crippen LogP contribution in [0.2, 0.25) is 5.02 Å². The minimum absolute atomic E-state index is 0.0910. The molecule has 0 fully saturated rings. The predicted octanol–water partition coefficient (Wildman–Crippen LogP) is 5.28. The van der Waals surface area contributed by atoms with Gasteiger partial charge in [-0.1, -0.05) is 61.5 Å². The standard InChI is InChI=1S/C23H22ClN5OS/c1-23(2)10-17-19(18(30)11-23)20(14-7-5-9-25-12-14)29-21(26-17)27-22(28-29)31-13-15-6-3-4-8-16(15)24/h3-9,12,20H,10-11,13H2,1-2H3,(H,26,27,28)/t20-/m0/s1. The van der Waals surface area contributed by atoms with Gasteiger partial charge in [0.2, 0.25) is 11.1 Å². The third kappa shape index (κ3) is 3.88. The minimum atomic E-state index is -0.328. The van der Waals surface area contributed by atoms with Gasteiger partial charge in [-0.3, -0.25) is 9.78 Å². The highest BCUT2D eigenvalue weighted by Crippen LogP contribution is 2.45. The Kier molecular flexibility index (Phi) is 5.10. The number of anilines is 1. The third-order valence-corrected chi connectivity index (χ3v) is 6.88. The molecule has 0 saturated heterocycles. The molecule has 158 valence electrons. The van der Waals surface area contributed by atoms with Gasteiger partial charge in [0, 0.05) is 40.9 Å². The highest BCUT2D eigenvalue weighted by atomic mass is 35.5. The van der Waals surface area contributed by atoms with E-state index in [0.29, 0.717) is 23.3 Å². The van der Waals surface area contributed by atoms with Crippen LogP contribution in [0, 0.1) is 5.41 Å². The maximum absolute atomic E-state index is 13.2. The Labute approximate surface area is 190 Å². The van der Waals surface area contributed by atoms with Gasteiger partial charge in [0.05, 0.1) is 0 Å². The third-order valence-electron chi connectivity index (χ3n) is 5.63. The fourth-order valence-corrected chi connectivity index (χ4v) is 5.37. The largest absolute Gasteiger partial charge is 0.328 e. The number of nitrogens with one attached hydrogen (secondary N) is 1. The number of carbonyl (C=O) groups is 1. The number of hydrogen-bond donors (Lipinski definition) is 1. The zero-order valence-electron chi connectivity index (χ0n) is 17.3. The number of nitrogens with zero attached hydrogens (tertiary/aromatic N) is 4. The molecule has 0 bridgehead atoms. The lowest BCUT2D eigenvalue weighted by molar-refractivity contribution is -0.118. The molecular formula is C23H22ClN5OS. The first-order valence-electron chi connectivity index (χ1n) is 10.2. The molecule has 1 aromatic carbocycles. The average molecular weight is 452 g/mol. The van der Waals surface area contributed by atoms with E-state index >= 15 is 0 Å². The summed E-state index contributed by atoms with van der Waals surface area (Å²) in [5, 5.41) is 9.54. The van der Waals surface area contributed by atoms with E-state index in [-0.39, 0.29) is 17.2 Å². The summed E-state index contributed by atoms with van der Waals surface area (Å²) in [6.07, 6.45) is 4.84. The molecule has 8 heteroatoms. The summed E-state index contributed by atoms with van der Waals surface area (Å²) in [5.74, 6) is 1.47. The van der Waals surface area contributed by atoms with E-state index in [0.717, 1.165) is 33.8 Å². The first kappa shape index (κ1) is 20.3. The molecule has 1 aliphatic heterocycles. The van der Waals surface area contributed by atoms with Crippen molar-refractivity contribution in [2.75, 3.05) is 5.32 Å². The summed E-state index contributed by atoms with van der Waals surface area (Å²) in [6.45, 7) is 4.25. The minimum Gasteiger partial charge on any atom is -0.328 e. The number of halogens is 1. The van der Waals surface area contributed by atoms with Crippen molar-refractivity contribution >= 4 is 35.1 Å². The van der Waals surface area contributed by atoms with Crippen molar-refractivity contribution in [2.24, 2.45) is 5.41 Å². The number of rotatable bonds is 4. The second kappa shape index (κ2) is 7.80.